The van der Waals surface area contributed by atoms with Gasteiger partial charge >= 0.3 is 12.2 Å². The van der Waals surface area contributed by atoms with Crippen LogP contribution in [-0.4, -0.2) is 28.7 Å². The van der Waals surface area contributed by atoms with Crippen molar-refractivity contribution in [3.8, 4) is 6.01 Å². The molecule has 0 fully saturated rings. The number of nitrogens with one attached hydrogen (secondary N) is 1. The van der Waals surface area contributed by atoms with Crippen LogP contribution in [0.5, 0.6) is 6.01 Å². The van der Waals surface area contributed by atoms with Crippen molar-refractivity contribution in [3.05, 3.63) is 53.1 Å². The molecule has 1 unspecified atom stereocenters. The first-order chi connectivity index (χ1) is 11.6. The number of alkyl halides is 3. The number of amides is 1. The molecule has 0 saturated carbocycles. The molecule has 1 amide bonds. The number of hydrogen-bond donors (Lipinski definition) is 1. The van der Waals surface area contributed by atoms with Gasteiger partial charge in [0, 0.05) is 12.6 Å². The second-order valence-electron chi connectivity index (χ2n) is 5.31. The third kappa shape index (κ3) is 5.70. The van der Waals surface area contributed by atoms with Gasteiger partial charge < -0.3 is 10.1 Å². The van der Waals surface area contributed by atoms with Gasteiger partial charge in [-0.1, -0.05) is 12.1 Å². The number of rotatable bonds is 5. The van der Waals surface area contributed by atoms with Crippen molar-refractivity contribution in [1.29, 1.82) is 0 Å². The van der Waals surface area contributed by atoms with Gasteiger partial charge in [0.15, 0.2) is 6.61 Å². The van der Waals surface area contributed by atoms with Gasteiger partial charge in [-0.05, 0) is 30.7 Å². The first kappa shape index (κ1) is 18.6. The average Bonchev–Trinajstić information content (AvgIpc) is 2.49. The molecule has 5 nitrogen and oxygen atoms in total. The number of hydrogen-bond acceptors (Lipinski definition) is 4. The van der Waals surface area contributed by atoms with Crippen molar-refractivity contribution in [3.63, 3.8) is 0 Å². The number of aromatic nitrogens is 2. The third-order valence-corrected chi connectivity index (χ3v) is 3.04. The number of nitrogens with zero attached hydrogens (tertiary/aromatic N) is 2. The fourth-order valence-electron chi connectivity index (χ4n) is 2.14. The lowest BCUT2D eigenvalue weighted by Gasteiger charge is -2.19. The van der Waals surface area contributed by atoms with Crippen LogP contribution < -0.4 is 10.1 Å². The van der Waals surface area contributed by atoms with E-state index in [1.807, 2.05) is 0 Å². The van der Waals surface area contributed by atoms with Crippen molar-refractivity contribution in [2.24, 2.45) is 0 Å². The summed E-state index contributed by atoms with van der Waals surface area (Å²) in [5, 5.41) is 2.59. The zero-order chi connectivity index (χ0) is 18.6. The molecule has 0 radical (unpaired) electrons. The summed E-state index contributed by atoms with van der Waals surface area (Å²) < 4.78 is 55.0. The molecular formula is C16H15F4N3O2. The molecule has 2 rings (SSSR count). The number of carbonyl (C=O) groups excluding carboxylic acids is 1. The standard InChI is InChI=1S/C16H15F4N3O2/c1-9-6-13(23-15(21-9)25-8-16(18,19)20)14(22-10(2)24)11-4-3-5-12(17)7-11/h3-7,14H,8H2,1-2H3,(H,22,24). The molecule has 1 N–H and O–H groups in total. The Morgan fingerprint density at radius 3 is 2.60 bits per heavy atom. The van der Waals surface area contributed by atoms with Crippen LogP contribution in [-0.2, 0) is 4.79 Å². The molecule has 1 atom stereocenters. The van der Waals surface area contributed by atoms with Gasteiger partial charge in [-0.3, -0.25) is 4.79 Å². The summed E-state index contributed by atoms with van der Waals surface area (Å²) in [4.78, 5) is 19.2. The first-order valence-corrected chi connectivity index (χ1v) is 7.22. The normalized spacial score (nSPS) is 12.6. The van der Waals surface area contributed by atoms with Gasteiger partial charge in [0.05, 0.1) is 11.7 Å². The van der Waals surface area contributed by atoms with Crippen molar-refractivity contribution in [2.45, 2.75) is 26.1 Å². The van der Waals surface area contributed by atoms with Gasteiger partial charge in [-0.15, -0.1) is 0 Å². The van der Waals surface area contributed by atoms with Crippen LogP contribution >= 0.6 is 0 Å². The molecule has 1 heterocycles. The predicted octanol–water partition coefficient (Wildman–Crippen LogP) is 3.09. The lowest BCUT2D eigenvalue weighted by atomic mass is 10.0. The third-order valence-electron chi connectivity index (χ3n) is 3.04. The maximum atomic E-state index is 13.5. The Labute approximate surface area is 141 Å². The maximum Gasteiger partial charge on any atom is 0.422 e. The zero-order valence-electron chi connectivity index (χ0n) is 13.4. The van der Waals surface area contributed by atoms with Gasteiger partial charge in [0.25, 0.3) is 0 Å². The molecule has 0 aliphatic heterocycles. The van der Waals surface area contributed by atoms with Crippen molar-refractivity contribution >= 4 is 5.91 Å². The molecule has 0 aliphatic carbocycles. The molecule has 1 aromatic carbocycles. The lowest BCUT2D eigenvalue weighted by Crippen LogP contribution is -2.28. The topological polar surface area (TPSA) is 64.1 Å². The average molecular weight is 357 g/mol. The van der Waals surface area contributed by atoms with E-state index in [2.05, 4.69) is 20.0 Å². The molecule has 0 bridgehead atoms. The number of benzene rings is 1. The highest BCUT2D eigenvalue weighted by atomic mass is 19.4. The van der Waals surface area contributed by atoms with E-state index in [0.717, 1.165) is 0 Å². The van der Waals surface area contributed by atoms with Crippen molar-refractivity contribution < 1.29 is 27.1 Å². The predicted molar refractivity (Wildman–Crippen MR) is 80.4 cm³/mol. The molecule has 0 spiro atoms. The van der Waals surface area contributed by atoms with E-state index in [9.17, 15) is 22.4 Å². The summed E-state index contributed by atoms with van der Waals surface area (Å²) in [6.45, 7) is 1.27. The van der Waals surface area contributed by atoms with Crippen LogP contribution in [0.3, 0.4) is 0 Å². The van der Waals surface area contributed by atoms with E-state index in [1.165, 1.54) is 31.2 Å². The molecule has 134 valence electrons. The van der Waals surface area contributed by atoms with Gasteiger partial charge in [-0.25, -0.2) is 9.37 Å². The van der Waals surface area contributed by atoms with Crippen LogP contribution in [0.15, 0.2) is 30.3 Å². The fourth-order valence-corrected chi connectivity index (χ4v) is 2.14. The Bertz CT molecular complexity index is 765. The maximum absolute atomic E-state index is 13.5. The van der Waals surface area contributed by atoms with Crippen molar-refractivity contribution in [2.75, 3.05) is 6.61 Å². The molecule has 2 aromatic rings. The van der Waals surface area contributed by atoms with E-state index >= 15 is 0 Å². The van der Waals surface area contributed by atoms with Crippen LogP contribution in [0, 0.1) is 12.7 Å². The Balaban J connectivity index is 2.39. The number of ether oxygens (including phenoxy) is 1. The van der Waals surface area contributed by atoms with Crippen LogP contribution in [0.25, 0.3) is 0 Å². The van der Waals surface area contributed by atoms with Crippen LogP contribution in [0.1, 0.15) is 29.9 Å². The van der Waals surface area contributed by atoms with Gasteiger partial charge in [-0.2, -0.15) is 18.2 Å². The highest BCUT2D eigenvalue weighted by Crippen LogP contribution is 2.24. The van der Waals surface area contributed by atoms with E-state index in [-0.39, 0.29) is 5.69 Å². The fraction of sp³-hybridized carbons (Fsp3) is 0.312. The van der Waals surface area contributed by atoms with Gasteiger partial charge in [0.1, 0.15) is 5.82 Å². The minimum Gasteiger partial charge on any atom is -0.454 e. The largest absolute Gasteiger partial charge is 0.454 e. The minimum absolute atomic E-state index is 0.186. The highest BCUT2D eigenvalue weighted by Gasteiger charge is 2.29. The summed E-state index contributed by atoms with van der Waals surface area (Å²) in [6.07, 6.45) is -4.53. The Kier molecular flexibility index (Phi) is 5.55. The summed E-state index contributed by atoms with van der Waals surface area (Å²) in [5.74, 6) is -0.935. The monoisotopic (exact) mass is 357 g/mol. The Morgan fingerprint density at radius 2 is 2.00 bits per heavy atom. The van der Waals surface area contributed by atoms with Crippen LogP contribution in [0.2, 0.25) is 0 Å². The molecular weight excluding hydrogens is 342 g/mol. The SMILES string of the molecule is CC(=O)NC(c1cccc(F)c1)c1cc(C)nc(OCC(F)(F)F)n1. The number of halogens is 4. The summed E-state index contributed by atoms with van der Waals surface area (Å²) in [7, 11) is 0. The smallest absolute Gasteiger partial charge is 0.422 e. The van der Waals surface area contributed by atoms with E-state index in [1.54, 1.807) is 13.0 Å². The first-order valence-electron chi connectivity index (χ1n) is 7.22. The van der Waals surface area contributed by atoms with Crippen LogP contribution in [0.4, 0.5) is 17.6 Å². The molecule has 0 saturated heterocycles. The van der Waals surface area contributed by atoms with E-state index in [4.69, 9.17) is 0 Å². The van der Waals surface area contributed by atoms with E-state index in [0.29, 0.717) is 11.3 Å². The Morgan fingerprint density at radius 1 is 1.28 bits per heavy atom. The zero-order valence-corrected chi connectivity index (χ0v) is 13.4. The lowest BCUT2D eigenvalue weighted by molar-refractivity contribution is -0.154. The van der Waals surface area contributed by atoms with E-state index < -0.39 is 36.6 Å². The molecule has 9 heteroatoms. The van der Waals surface area contributed by atoms with Crippen molar-refractivity contribution in [1.82, 2.24) is 15.3 Å². The second-order valence-corrected chi connectivity index (χ2v) is 5.31. The molecule has 0 aliphatic rings. The second kappa shape index (κ2) is 7.45. The minimum atomic E-state index is -4.53. The number of aryl methyl sites for hydroxylation is 1. The quantitative estimate of drug-likeness (QED) is 0.836. The Hall–Kier alpha value is -2.71. The van der Waals surface area contributed by atoms with Gasteiger partial charge in [0.2, 0.25) is 5.91 Å². The summed E-state index contributed by atoms with van der Waals surface area (Å²) in [6, 6.07) is 5.60. The molecule has 25 heavy (non-hydrogen) atoms. The number of carbonyl (C=O) groups is 1. The molecule has 1 aromatic heterocycles. The highest BCUT2D eigenvalue weighted by molar-refractivity contribution is 5.74. The summed E-state index contributed by atoms with van der Waals surface area (Å²) >= 11 is 0. The summed E-state index contributed by atoms with van der Waals surface area (Å²) in [5.41, 5.74) is 0.912.